The fraction of sp³-hybridized carbons (Fsp3) is 0.300. The molecule has 0 aliphatic rings. The van der Waals surface area contributed by atoms with Crippen LogP contribution < -0.4 is 5.73 Å². The predicted octanol–water partition coefficient (Wildman–Crippen LogP) is 1.75. The first-order chi connectivity index (χ1) is 7.59. The van der Waals surface area contributed by atoms with Gasteiger partial charge < -0.3 is 5.73 Å². The molecule has 0 spiro atoms. The number of aromatic nitrogens is 4. The van der Waals surface area contributed by atoms with E-state index in [-0.39, 0.29) is 6.04 Å². The Morgan fingerprint density at radius 1 is 1.44 bits per heavy atom. The molecule has 0 bridgehead atoms. The van der Waals surface area contributed by atoms with E-state index in [1.807, 2.05) is 32.0 Å². The van der Waals surface area contributed by atoms with Crippen molar-refractivity contribution in [1.29, 1.82) is 0 Å². The summed E-state index contributed by atoms with van der Waals surface area (Å²) in [4.78, 5) is 0. The molecule has 0 saturated carbocycles. The zero-order chi connectivity index (χ0) is 11.7. The van der Waals surface area contributed by atoms with E-state index in [0.717, 1.165) is 15.7 Å². The van der Waals surface area contributed by atoms with Gasteiger partial charge in [-0.05, 0) is 48.0 Å². The number of nitrogens with two attached hydrogens (primary N) is 1. The molecule has 6 heteroatoms. The predicted molar refractivity (Wildman–Crippen MR) is 64.2 cm³/mol. The molecule has 2 N–H and O–H groups in total. The minimum Gasteiger partial charge on any atom is -0.321 e. The lowest BCUT2D eigenvalue weighted by Crippen LogP contribution is -2.13. The van der Waals surface area contributed by atoms with Crippen LogP contribution in [0, 0.1) is 6.92 Å². The largest absolute Gasteiger partial charge is 0.321 e. The summed E-state index contributed by atoms with van der Waals surface area (Å²) in [7, 11) is 0. The fourth-order valence-electron chi connectivity index (χ4n) is 1.42. The Morgan fingerprint density at radius 3 is 2.81 bits per heavy atom. The maximum absolute atomic E-state index is 5.79. The number of tetrazole rings is 1. The van der Waals surface area contributed by atoms with Crippen molar-refractivity contribution in [3.8, 4) is 5.69 Å². The van der Waals surface area contributed by atoms with E-state index in [4.69, 9.17) is 5.73 Å². The third-order valence-electron chi connectivity index (χ3n) is 2.29. The Hall–Kier alpha value is -1.27. The molecule has 2 rings (SSSR count). The van der Waals surface area contributed by atoms with Crippen LogP contribution in [0.1, 0.15) is 24.4 Å². The van der Waals surface area contributed by atoms with E-state index in [1.165, 1.54) is 0 Å². The van der Waals surface area contributed by atoms with Crippen molar-refractivity contribution in [1.82, 2.24) is 20.2 Å². The van der Waals surface area contributed by atoms with Gasteiger partial charge in [0, 0.05) is 4.47 Å². The molecule has 0 aliphatic heterocycles. The molecule has 0 radical (unpaired) electrons. The van der Waals surface area contributed by atoms with Crippen LogP contribution >= 0.6 is 15.9 Å². The number of rotatable bonds is 2. The van der Waals surface area contributed by atoms with Gasteiger partial charge in [-0.2, -0.15) is 4.68 Å². The Bertz CT molecular complexity index is 506. The minimum absolute atomic E-state index is 0.195. The third-order valence-corrected chi connectivity index (χ3v) is 3.18. The first kappa shape index (κ1) is 11.2. The molecule has 1 atom stereocenters. The standard InChI is InChI=1S/C10H12BrN5/c1-6-5-8(3-4-9(6)11)16-10(7(2)12)13-14-15-16/h3-5,7H,12H2,1-2H3. The smallest absolute Gasteiger partial charge is 0.173 e. The summed E-state index contributed by atoms with van der Waals surface area (Å²) in [5.74, 6) is 0.654. The maximum atomic E-state index is 5.79. The Kier molecular flexibility index (Phi) is 3.02. The summed E-state index contributed by atoms with van der Waals surface area (Å²) >= 11 is 3.45. The molecule has 1 aromatic heterocycles. The van der Waals surface area contributed by atoms with Crippen LogP contribution in [0.25, 0.3) is 5.69 Å². The highest BCUT2D eigenvalue weighted by Crippen LogP contribution is 2.20. The van der Waals surface area contributed by atoms with Crippen LogP contribution in [0.4, 0.5) is 0 Å². The minimum atomic E-state index is -0.195. The molecular formula is C10H12BrN5. The van der Waals surface area contributed by atoms with Gasteiger partial charge in [-0.25, -0.2) is 0 Å². The van der Waals surface area contributed by atoms with Crippen LogP contribution in [-0.4, -0.2) is 20.2 Å². The van der Waals surface area contributed by atoms with Gasteiger partial charge >= 0.3 is 0 Å². The number of halogens is 1. The van der Waals surface area contributed by atoms with Gasteiger partial charge in [-0.3, -0.25) is 0 Å². The summed E-state index contributed by atoms with van der Waals surface area (Å²) in [5.41, 5.74) is 7.83. The number of hydrogen-bond acceptors (Lipinski definition) is 4. The second kappa shape index (κ2) is 4.31. The van der Waals surface area contributed by atoms with Crippen LogP contribution in [0.3, 0.4) is 0 Å². The van der Waals surface area contributed by atoms with Crippen LogP contribution in [0.15, 0.2) is 22.7 Å². The second-order valence-corrected chi connectivity index (χ2v) is 4.53. The lowest BCUT2D eigenvalue weighted by molar-refractivity contribution is 0.688. The molecule has 1 unspecified atom stereocenters. The van der Waals surface area contributed by atoms with Crippen molar-refractivity contribution in [2.45, 2.75) is 19.9 Å². The second-order valence-electron chi connectivity index (χ2n) is 3.67. The van der Waals surface area contributed by atoms with Gasteiger partial charge in [-0.1, -0.05) is 15.9 Å². The van der Waals surface area contributed by atoms with Crippen molar-refractivity contribution < 1.29 is 0 Å². The number of benzene rings is 1. The monoisotopic (exact) mass is 281 g/mol. The molecule has 0 aliphatic carbocycles. The average molecular weight is 282 g/mol. The van der Waals surface area contributed by atoms with Gasteiger partial charge in [0.1, 0.15) is 0 Å². The molecule has 5 nitrogen and oxygen atoms in total. The Labute approximate surface area is 102 Å². The molecule has 1 aromatic carbocycles. The molecule has 84 valence electrons. The molecule has 1 heterocycles. The SMILES string of the molecule is Cc1cc(-n2nnnc2C(C)N)ccc1Br. The van der Waals surface area contributed by atoms with E-state index in [2.05, 4.69) is 31.5 Å². The molecular weight excluding hydrogens is 270 g/mol. The first-order valence-corrected chi connectivity index (χ1v) is 5.69. The van der Waals surface area contributed by atoms with Crippen LogP contribution in [0.2, 0.25) is 0 Å². The summed E-state index contributed by atoms with van der Waals surface area (Å²) < 4.78 is 2.72. The van der Waals surface area contributed by atoms with Crippen LogP contribution in [0.5, 0.6) is 0 Å². The lowest BCUT2D eigenvalue weighted by Gasteiger charge is -2.08. The highest BCUT2D eigenvalue weighted by Gasteiger charge is 2.12. The topological polar surface area (TPSA) is 69.6 Å². The zero-order valence-electron chi connectivity index (χ0n) is 9.05. The average Bonchev–Trinajstić information content (AvgIpc) is 2.71. The van der Waals surface area contributed by atoms with Gasteiger partial charge in [0.15, 0.2) is 5.82 Å². The van der Waals surface area contributed by atoms with E-state index in [0.29, 0.717) is 5.82 Å². The summed E-state index contributed by atoms with van der Waals surface area (Å²) in [5, 5.41) is 11.5. The van der Waals surface area contributed by atoms with Crippen molar-refractivity contribution in [3.05, 3.63) is 34.1 Å². The van der Waals surface area contributed by atoms with E-state index >= 15 is 0 Å². The third kappa shape index (κ3) is 1.98. The molecule has 0 amide bonds. The quantitative estimate of drug-likeness (QED) is 0.911. The summed E-state index contributed by atoms with van der Waals surface area (Å²) in [6.07, 6.45) is 0. The fourth-order valence-corrected chi connectivity index (χ4v) is 1.67. The number of nitrogens with zero attached hydrogens (tertiary/aromatic N) is 4. The zero-order valence-corrected chi connectivity index (χ0v) is 10.6. The Morgan fingerprint density at radius 2 is 2.19 bits per heavy atom. The summed E-state index contributed by atoms with van der Waals surface area (Å²) in [6, 6.07) is 5.72. The van der Waals surface area contributed by atoms with E-state index in [9.17, 15) is 0 Å². The Balaban J connectivity index is 2.50. The summed E-state index contributed by atoms with van der Waals surface area (Å²) in [6.45, 7) is 3.87. The molecule has 0 saturated heterocycles. The normalized spacial score (nSPS) is 12.8. The molecule has 2 aromatic rings. The van der Waals surface area contributed by atoms with Crippen molar-refractivity contribution in [3.63, 3.8) is 0 Å². The van der Waals surface area contributed by atoms with E-state index < -0.39 is 0 Å². The van der Waals surface area contributed by atoms with Gasteiger partial charge in [-0.15, -0.1) is 5.10 Å². The first-order valence-electron chi connectivity index (χ1n) is 4.90. The van der Waals surface area contributed by atoms with Crippen LogP contribution in [-0.2, 0) is 0 Å². The van der Waals surface area contributed by atoms with Crippen molar-refractivity contribution in [2.75, 3.05) is 0 Å². The molecule has 0 fully saturated rings. The van der Waals surface area contributed by atoms with Gasteiger partial charge in [0.25, 0.3) is 0 Å². The molecule has 16 heavy (non-hydrogen) atoms. The number of aryl methyl sites for hydroxylation is 1. The van der Waals surface area contributed by atoms with Crippen molar-refractivity contribution in [2.24, 2.45) is 5.73 Å². The van der Waals surface area contributed by atoms with E-state index in [1.54, 1.807) is 4.68 Å². The van der Waals surface area contributed by atoms with Crippen molar-refractivity contribution >= 4 is 15.9 Å². The van der Waals surface area contributed by atoms with Gasteiger partial charge in [0.05, 0.1) is 11.7 Å². The van der Waals surface area contributed by atoms with Gasteiger partial charge in [0.2, 0.25) is 0 Å². The lowest BCUT2D eigenvalue weighted by atomic mass is 10.2. The number of hydrogen-bond donors (Lipinski definition) is 1. The maximum Gasteiger partial charge on any atom is 0.173 e. The highest BCUT2D eigenvalue weighted by atomic mass is 79.9. The highest BCUT2D eigenvalue weighted by molar-refractivity contribution is 9.10.